The van der Waals surface area contributed by atoms with Crippen LogP contribution in [0, 0.1) is 0 Å². The summed E-state index contributed by atoms with van der Waals surface area (Å²) in [4.78, 5) is 0. The van der Waals surface area contributed by atoms with Crippen LogP contribution in [0.2, 0.25) is 5.02 Å². The van der Waals surface area contributed by atoms with Crippen LogP contribution < -0.4 is 14.8 Å². The highest BCUT2D eigenvalue weighted by Crippen LogP contribution is 2.39. The summed E-state index contributed by atoms with van der Waals surface area (Å²) in [7, 11) is 5.19. The van der Waals surface area contributed by atoms with Crippen molar-refractivity contribution in [2.75, 3.05) is 21.3 Å². The van der Waals surface area contributed by atoms with E-state index in [0.717, 1.165) is 27.1 Å². The SMILES string of the molecule is CNC(c1cc(Cl)ccc1Br)c1c(OC)cccc1OC. The number of nitrogens with one attached hydrogen (secondary N) is 1. The quantitative estimate of drug-likeness (QED) is 0.844. The molecule has 0 radical (unpaired) electrons. The first-order valence-electron chi connectivity index (χ1n) is 6.45. The van der Waals surface area contributed by atoms with Crippen LogP contribution in [0.1, 0.15) is 17.2 Å². The summed E-state index contributed by atoms with van der Waals surface area (Å²) in [5.41, 5.74) is 1.96. The Kier molecular flexibility index (Phi) is 5.51. The first-order valence-corrected chi connectivity index (χ1v) is 7.62. The van der Waals surface area contributed by atoms with Gasteiger partial charge in [-0.15, -0.1) is 0 Å². The minimum atomic E-state index is -0.107. The van der Waals surface area contributed by atoms with Gasteiger partial charge in [0, 0.05) is 9.50 Å². The molecule has 0 saturated carbocycles. The van der Waals surface area contributed by atoms with Crippen molar-refractivity contribution >= 4 is 27.5 Å². The van der Waals surface area contributed by atoms with Gasteiger partial charge in [0.25, 0.3) is 0 Å². The molecule has 0 aromatic heterocycles. The van der Waals surface area contributed by atoms with E-state index < -0.39 is 0 Å². The maximum Gasteiger partial charge on any atom is 0.127 e. The summed E-state index contributed by atoms with van der Waals surface area (Å²) in [6.45, 7) is 0. The van der Waals surface area contributed by atoms with E-state index in [2.05, 4.69) is 21.2 Å². The molecule has 0 spiro atoms. The van der Waals surface area contributed by atoms with Crippen molar-refractivity contribution in [3.05, 3.63) is 57.0 Å². The van der Waals surface area contributed by atoms with Crippen molar-refractivity contribution in [2.45, 2.75) is 6.04 Å². The van der Waals surface area contributed by atoms with Crippen molar-refractivity contribution in [1.29, 1.82) is 0 Å². The number of halogens is 2. The van der Waals surface area contributed by atoms with E-state index in [1.807, 2.05) is 43.4 Å². The Bertz CT molecular complexity index is 611. The summed E-state index contributed by atoms with van der Waals surface area (Å²) in [5, 5.41) is 3.99. The molecule has 0 aliphatic rings. The standard InChI is InChI=1S/C16H17BrClNO2/c1-19-16(11-9-10(18)7-8-12(11)17)15-13(20-2)5-4-6-14(15)21-3/h4-9,16,19H,1-3H3. The summed E-state index contributed by atoms with van der Waals surface area (Å²) in [6, 6.07) is 11.3. The lowest BCUT2D eigenvalue weighted by atomic mass is 9.97. The van der Waals surface area contributed by atoms with Crippen molar-refractivity contribution in [1.82, 2.24) is 5.32 Å². The molecule has 3 nitrogen and oxygen atoms in total. The van der Waals surface area contributed by atoms with E-state index in [0.29, 0.717) is 5.02 Å². The molecule has 1 atom stereocenters. The van der Waals surface area contributed by atoms with Gasteiger partial charge in [-0.05, 0) is 42.9 Å². The molecule has 0 bridgehead atoms. The third-order valence-corrected chi connectivity index (χ3v) is 4.27. The largest absolute Gasteiger partial charge is 0.496 e. The normalized spacial score (nSPS) is 12.0. The predicted octanol–water partition coefficient (Wildman–Crippen LogP) is 4.43. The van der Waals surface area contributed by atoms with Crippen LogP contribution in [0.15, 0.2) is 40.9 Å². The number of ether oxygens (including phenoxy) is 2. The maximum atomic E-state index is 6.14. The van der Waals surface area contributed by atoms with E-state index in [9.17, 15) is 0 Å². The van der Waals surface area contributed by atoms with E-state index >= 15 is 0 Å². The maximum absolute atomic E-state index is 6.14. The molecule has 1 N–H and O–H groups in total. The molecule has 2 aromatic carbocycles. The second kappa shape index (κ2) is 7.16. The van der Waals surface area contributed by atoms with Gasteiger partial charge in [-0.1, -0.05) is 33.6 Å². The zero-order chi connectivity index (χ0) is 15.4. The second-order valence-corrected chi connectivity index (χ2v) is 5.75. The zero-order valence-electron chi connectivity index (χ0n) is 12.1. The Labute approximate surface area is 138 Å². The van der Waals surface area contributed by atoms with Crippen molar-refractivity contribution in [3.8, 4) is 11.5 Å². The Morgan fingerprint density at radius 1 is 1.10 bits per heavy atom. The van der Waals surface area contributed by atoms with Gasteiger partial charge >= 0.3 is 0 Å². The van der Waals surface area contributed by atoms with Gasteiger partial charge < -0.3 is 14.8 Å². The van der Waals surface area contributed by atoms with Crippen LogP contribution in [0.25, 0.3) is 0 Å². The predicted molar refractivity (Wildman–Crippen MR) is 89.6 cm³/mol. The molecule has 0 aliphatic carbocycles. The van der Waals surface area contributed by atoms with E-state index in [-0.39, 0.29) is 6.04 Å². The van der Waals surface area contributed by atoms with E-state index in [1.54, 1.807) is 14.2 Å². The lowest BCUT2D eigenvalue weighted by molar-refractivity contribution is 0.378. The fourth-order valence-corrected chi connectivity index (χ4v) is 3.01. The van der Waals surface area contributed by atoms with Gasteiger partial charge in [0.15, 0.2) is 0 Å². The fourth-order valence-electron chi connectivity index (χ4n) is 2.36. The number of benzene rings is 2. The van der Waals surface area contributed by atoms with Crippen LogP contribution in [-0.2, 0) is 0 Å². The van der Waals surface area contributed by atoms with Gasteiger partial charge in [0.1, 0.15) is 11.5 Å². The van der Waals surface area contributed by atoms with Crippen LogP contribution in [0.5, 0.6) is 11.5 Å². The molecule has 2 aromatic rings. The molecule has 21 heavy (non-hydrogen) atoms. The van der Waals surface area contributed by atoms with Crippen molar-refractivity contribution < 1.29 is 9.47 Å². The van der Waals surface area contributed by atoms with Gasteiger partial charge in [0.2, 0.25) is 0 Å². The molecule has 1 unspecified atom stereocenters. The van der Waals surface area contributed by atoms with Crippen molar-refractivity contribution in [2.24, 2.45) is 0 Å². The molecule has 2 rings (SSSR count). The topological polar surface area (TPSA) is 30.5 Å². The smallest absolute Gasteiger partial charge is 0.127 e. The highest BCUT2D eigenvalue weighted by Gasteiger charge is 2.23. The fraction of sp³-hybridized carbons (Fsp3) is 0.250. The number of methoxy groups -OCH3 is 2. The summed E-state index contributed by atoms with van der Waals surface area (Å²) < 4.78 is 12.0. The van der Waals surface area contributed by atoms with Gasteiger partial charge in [-0.3, -0.25) is 0 Å². The molecule has 0 heterocycles. The first kappa shape index (κ1) is 16.1. The Hall–Kier alpha value is -1.23. The van der Waals surface area contributed by atoms with Crippen LogP contribution in [0.4, 0.5) is 0 Å². The Balaban J connectivity index is 2.63. The third kappa shape index (κ3) is 3.34. The molecule has 0 saturated heterocycles. The average Bonchev–Trinajstić information content (AvgIpc) is 2.51. The Morgan fingerprint density at radius 2 is 1.71 bits per heavy atom. The van der Waals surface area contributed by atoms with E-state index in [4.69, 9.17) is 21.1 Å². The first-order chi connectivity index (χ1) is 10.1. The number of rotatable bonds is 5. The minimum absolute atomic E-state index is 0.107. The van der Waals surface area contributed by atoms with Gasteiger partial charge in [-0.2, -0.15) is 0 Å². The summed E-state index contributed by atoms with van der Waals surface area (Å²) >= 11 is 9.72. The van der Waals surface area contributed by atoms with Crippen molar-refractivity contribution in [3.63, 3.8) is 0 Å². The molecular weight excluding hydrogens is 354 g/mol. The number of hydrogen-bond acceptors (Lipinski definition) is 3. The molecule has 112 valence electrons. The second-order valence-electron chi connectivity index (χ2n) is 4.46. The summed E-state index contributed by atoms with van der Waals surface area (Å²) in [5.74, 6) is 1.53. The Morgan fingerprint density at radius 3 is 2.24 bits per heavy atom. The van der Waals surface area contributed by atoms with Crippen LogP contribution in [0.3, 0.4) is 0 Å². The average molecular weight is 371 g/mol. The van der Waals surface area contributed by atoms with Crippen LogP contribution >= 0.6 is 27.5 Å². The molecule has 5 heteroatoms. The monoisotopic (exact) mass is 369 g/mol. The van der Waals surface area contributed by atoms with Crippen LogP contribution in [-0.4, -0.2) is 21.3 Å². The zero-order valence-corrected chi connectivity index (χ0v) is 14.5. The lowest BCUT2D eigenvalue weighted by Crippen LogP contribution is -2.19. The minimum Gasteiger partial charge on any atom is -0.496 e. The van der Waals surface area contributed by atoms with Gasteiger partial charge in [0.05, 0.1) is 25.8 Å². The third-order valence-electron chi connectivity index (χ3n) is 3.31. The lowest BCUT2D eigenvalue weighted by Gasteiger charge is -2.23. The molecule has 0 aliphatic heterocycles. The molecule has 0 fully saturated rings. The highest BCUT2D eigenvalue weighted by atomic mass is 79.9. The highest BCUT2D eigenvalue weighted by molar-refractivity contribution is 9.10. The van der Waals surface area contributed by atoms with E-state index in [1.165, 1.54) is 0 Å². The molecular formula is C16H17BrClNO2. The number of hydrogen-bond donors (Lipinski definition) is 1. The molecule has 0 amide bonds. The van der Waals surface area contributed by atoms with Gasteiger partial charge in [-0.25, -0.2) is 0 Å². The summed E-state index contributed by atoms with van der Waals surface area (Å²) in [6.07, 6.45) is 0.